The SMILES string of the molecule is CCOC(=O)CC(c1ccc(C)c(CN2CC(C)Oc3ccccc3S2(=O)=O)c1)c1ccc2c(nnn2C)c1C. The number of para-hydroxylation sites is 1. The third-order valence-corrected chi connectivity index (χ3v) is 9.36. The van der Waals surface area contributed by atoms with Crippen molar-refractivity contribution < 1.29 is 22.7 Å². The summed E-state index contributed by atoms with van der Waals surface area (Å²) >= 11 is 0. The van der Waals surface area contributed by atoms with E-state index in [0.29, 0.717) is 12.4 Å². The minimum Gasteiger partial charge on any atom is -0.488 e. The molecule has 0 aliphatic carbocycles. The minimum atomic E-state index is -3.79. The molecule has 1 aliphatic rings. The van der Waals surface area contributed by atoms with Crippen molar-refractivity contribution in [3.8, 4) is 5.75 Å². The predicted molar refractivity (Wildman–Crippen MR) is 152 cm³/mol. The van der Waals surface area contributed by atoms with Crippen LogP contribution in [0.3, 0.4) is 0 Å². The fourth-order valence-corrected chi connectivity index (χ4v) is 6.99. The number of hydrogen-bond acceptors (Lipinski definition) is 7. The lowest BCUT2D eigenvalue weighted by molar-refractivity contribution is -0.143. The molecule has 0 bridgehead atoms. The van der Waals surface area contributed by atoms with E-state index in [4.69, 9.17) is 9.47 Å². The summed E-state index contributed by atoms with van der Waals surface area (Å²) in [6, 6.07) is 16.7. The summed E-state index contributed by atoms with van der Waals surface area (Å²) in [4.78, 5) is 12.9. The van der Waals surface area contributed by atoms with Gasteiger partial charge in [0.15, 0.2) is 0 Å². The van der Waals surface area contributed by atoms with E-state index in [0.717, 1.165) is 38.9 Å². The van der Waals surface area contributed by atoms with E-state index >= 15 is 0 Å². The van der Waals surface area contributed by atoms with Crippen molar-refractivity contribution in [3.63, 3.8) is 0 Å². The molecular weight excluding hydrogens is 528 g/mol. The number of hydrogen-bond donors (Lipinski definition) is 0. The standard InChI is InChI=1S/C30H34N4O5S/c1-6-38-29(35)16-25(24-13-14-26-30(21(24)4)31-32-33(26)5)22-12-11-19(2)23(15-22)18-34-17-20(3)39-27-9-7-8-10-28(27)40(34,36)37/h7-15,20,25H,6,16-18H2,1-5H3. The van der Waals surface area contributed by atoms with Gasteiger partial charge in [0.05, 0.1) is 25.1 Å². The molecule has 1 aromatic heterocycles. The summed E-state index contributed by atoms with van der Waals surface area (Å²) in [7, 11) is -1.95. The van der Waals surface area contributed by atoms with Gasteiger partial charge >= 0.3 is 5.97 Å². The number of carbonyl (C=O) groups excluding carboxylic acids is 1. The minimum absolute atomic E-state index is 0.142. The fourth-order valence-electron chi connectivity index (χ4n) is 5.38. The molecule has 10 heteroatoms. The van der Waals surface area contributed by atoms with E-state index in [1.54, 1.807) is 35.9 Å². The van der Waals surface area contributed by atoms with Gasteiger partial charge in [-0.25, -0.2) is 13.1 Å². The number of benzene rings is 3. The summed E-state index contributed by atoms with van der Waals surface area (Å²) in [5.41, 5.74) is 6.31. The molecule has 2 heterocycles. The van der Waals surface area contributed by atoms with Crippen molar-refractivity contribution in [2.45, 2.75) is 57.6 Å². The van der Waals surface area contributed by atoms with Crippen LogP contribution in [0.2, 0.25) is 0 Å². The number of ether oxygens (including phenoxy) is 2. The highest BCUT2D eigenvalue weighted by atomic mass is 32.2. The van der Waals surface area contributed by atoms with Gasteiger partial charge in [0.2, 0.25) is 10.0 Å². The first-order chi connectivity index (χ1) is 19.1. The fraction of sp³-hybridized carbons (Fsp3) is 0.367. The molecule has 0 saturated heterocycles. The average Bonchev–Trinajstić information content (AvgIpc) is 3.26. The van der Waals surface area contributed by atoms with Crippen molar-refractivity contribution in [1.82, 2.24) is 19.3 Å². The molecule has 4 aromatic rings. The Kier molecular flexibility index (Phi) is 7.65. The van der Waals surface area contributed by atoms with E-state index in [1.807, 2.05) is 58.2 Å². The lowest BCUT2D eigenvalue weighted by atomic mass is 9.84. The first-order valence-corrected chi connectivity index (χ1v) is 14.8. The molecule has 0 N–H and O–H groups in total. The van der Waals surface area contributed by atoms with Crippen LogP contribution in [0, 0.1) is 13.8 Å². The third-order valence-electron chi connectivity index (χ3n) is 7.51. The molecule has 5 rings (SSSR count). The highest BCUT2D eigenvalue weighted by molar-refractivity contribution is 7.89. The van der Waals surface area contributed by atoms with Crippen molar-refractivity contribution >= 4 is 27.0 Å². The van der Waals surface area contributed by atoms with Gasteiger partial charge in [-0.15, -0.1) is 5.10 Å². The number of esters is 1. The van der Waals surface area contributed by atoms with Crippen LogP contribution < -0.4 is 4.74 Å². The maximum atomic E-state index is 13.7. The number of carbonyl (C=O) groups is 1. The van der Waals surface area contributed by atoms with Gasteiger partial charge in [0.1, 0.15) is 22.3 Å². The largest absolute Gasteiger partial charge is 0.488 e. The van der Waals surface area contributed by atoms with Crippen LogP contribution in [0.1, 0.15) is 54.0 Å². The first-order valence-electron chi connectivity index (χ1n) is 13.4. The quantitative estimate of drug-likeness (QED) is 0.302. The second-order valence-corrected chi connectivity index (χ2v) is 12.2. The normalized spacial score (nSPS) is 17.6. The molecule has 0 amide bonds. The maximum absolute atomic E-state index is 13.7. The molecule has 0 saturated carbocycles. The van der Waals surface area contributed by atoms with Crippen molar-refractivity contribution in [1.29, 1.82) is 0 Å². The molecule has 2 unspecified atom stereocenters. The zero-order valence-electron chi connectivity index (χ0n) is 23.4. The number of nitrogens with zero attached hydrogens (tertiary/aromatic N) is 4. The summed E-state index contributed by atoms with van der Waals surface area (Å²) in [6.07, 6.45) is -0.178. The van der Waals surface area contributed by atoms with Crippen LogP contribution in [-0.2, 0) is 33.1 Å². The van der Waals surface area contributed by atoms with Crippen molar-refractivity contribution in [3.05, 3.63) is 82.4 Å². The molecule has 0 spiro atoms. The molecule has 9 nitrogen and oxygen atoms in total. The Morgan fingerprint density at radius 2 is 1.93 bits per heavy atom. The second kappa shape index (κ2) is 11.0. The number of rotatable bonds is 7. The average molecular weight is 563 g/mol. The van der Waals surface area contributed by atoms with Gasteiger partial charge in [-0.05, 0) is 73.7 Å². The Balaban J connectivity index is 1.56. The Labute approximate surface area is 234 Å². The summed E-state index contributed by atoms with van der Waals surface area (Å²) < 4.78 is 41.8. The molecule has 2 atom stereocenters. The van der Waals surface area contributed by atoms with Crippen LogP contribution >= 0.6 is 0 Å². The summed E-state index contributed by atoms with van der Waals surface area (Å²) in [5.74, 6) is -0.244. The van der Waals surface area contributed by atoms with Crippen molar-refractivity contribution in [2.24, 2.45) is 7.05 Å². The van der Waals surface area contributed by atoms with Crippen LogP contribution in [0.25, 0.3) is 11.0 Å². The molecule has 210 valence electrons. The zero-order chi connectivity index (χ0) is 28.6. The second-order valence-electron chi connectivity index (χ2n) is 10.3. The van der Waals surface area contributed by atoms with E-state index in [-0.39, 0.29) is 42.4 Å². The van der Waals surface area contributed by atoms with E-state index in [9.17, 15) is 13.2 Å². The first kappa shape index (κ1) is 27.8. The van der Waals surface area contributed by atoms with Crippen molar-refractivity contribution in [2.75, 3.05) is 13.2 Å². The van der Waals surface area contributed by atoms with Crippen LogP contribution in [0.4, 0.5) is 0 Å². The lowest BCUT2D eigenvalue weighted by Gasteiger charge is -2.24. The Morgan fingerprint density at radius 3 is 2.70 bits per heavy atom. The molecular formula is C30H34N4O5S. The Morgan fingerprint density at radius 1 is 1.15 bits per heavy atom. The summed E-state index contributed by atoms with van der Waals surface area (Å²) in [5, 5.41) is 8.50. The Bertz CT molecular complexity index is 1680. The van der Waals surface area contributed by atoms with Gasteiger partial charge in [0.25, 0.3) is 0 Å². The van der Waals surface area contributed by atoms with Gasteiger partial charge in [0, 0.05) is 19.5 Å². The lowest BCUT2D eigenvalue weighted by Crippen LogP contribution is -2.35. The van der Waals surface area contributed by atoms with E-state index in [2.05, 4.69) is 10.3 Å². The monoisotopic (exact) mass is 562 g/mol. The highest BCUT2D eigenvalue weighted by Gasteiger charge is 2.33. The molecule has 3 aromatic carbocycles. The molecule has 40 heavy (non-hydrogen) atoms. The van der Waals surface area contributed by atoms with E-state index < -0.39 is 10.0 Å². The topological polar surface area (TPSA) is 104 Å². The zero-order valence-corrected chi connectivity index (χ0v) is 24.2. The number of sulfonamides is 1. The summed E-state index contributed by atoms with van der Waals surface area (Å²) in [6.45, 7) is 8.30. The van der Waals surface area contributed by atoms with E-state index in [1.165, 1.54) is 4.31 Å². The highest BCUT2D eigenvalue weighted by Crippen LogP contribution is 2.36. The van der Waals surface area contributed by atoms with Crippen LogP contribution in [0.5, 0.6) is 5.75 Å². The van der Waals surface area contributed by atoms with Gasteiger partial charge in [-0.2, -0.15) is 4.31 Å². The van der Waals surface area contributed by atoms with Gasteiger partial charge in [-0.3, -0.25) is 4.79 Å². The van der Waals surface area contributed by atoms with Crippen LogP contribution in [-0.4, -0.2) is 52.9 Å². The van der Waals surface area contributed by atoms with Crippen LogP contribution in [0.15, 0.2) is 59.5 Å². The number of fused-ring (bicyclic) bond motifs is 2. The number of aryl methyl sites for hydroxylation is 3. The number of aromatic nitrogens is 3. The molecule has 0 fully saturated rings. The Hall–Kier alpha value is -3.76. The third kappa shape index (κ3) is 5.21. The molecule has 1 aliphatic heterocycles. The molecule has 0 radical (unpaired) electrons. The van der Waals surface area contributed by atoms with Gasteiger partial charge in [-0.1, -0.05) is 41.6 Å². The smallest absolute Gasteiger partial charge is 0.306 e. The van der Waals surface area contributed by atoms with Gasteiger partial charge < -0.3 is 9.47 Å². The maximum Gasteiger partial charge on any atom is 0.306 e. The predicted octanol–water partition coefficient (Wildman–Crippen LogP) is 4.64.